The van der Waals surface area contributed by atoms with E-state index in [9.17, 15) is 4.79 Å². The van der Waals surface area contributed by atoms with Gasteiger partial charge >= 0.3 is 5.97 Å². The summed E-state index contributed by atoms with van der Waals surface area (Å²) in [6, 6.07) is 1.92. The molecule has 0 aromatic carbocycles. The Morgan fingerprint density at radius 1 is 1.86 bits per heavy atom. The molecule has 0 radical (unpaired) electrons. The molecule has 0 amide bonds. The van der Waals surface area contributed by atoms with Crippen molar-refractivity contribution in [3.05, 3.63) is 11.8 Å². The number of aromatic nitrogens is 2. The minimum atomic E-state index is -0.369. The highest BCUT2D eigenvalue weighted by atomic mass is 16.5. The van der Waals surface area contributed by atoms with Crippen molar-refractivity contribution in [1.29, 1.82) is 5.26 Å². The van der Waals surface area contributed by atoms with Gasteiger partial charge in [0.1, 0.15) is 24.0 Å². The number of carbonyl (C=O) groups excluding carboxylic acids is 1. The lowest BCUT2D eigenvalue weighted by atomic mass is 10.3. The lowest BCUT2D eigenvalue weighted by Gasteiger charge is -2.03. The molecule has 1 rings (SSSR count). The third-order valence-corrected chi connectivity index (χ3v) is 1.47. The van der Waals surface area contributed by atoms with E-state index in [1.165, 1.54) is 6.20 Å². The third-order valence-electron chi connectivity index (χ3n) is 1.47. The van der Waals surface area contributed by atoms with Crippen molar-refractivity contribution in [2.24, 2.45) is 0 Å². The average Bonchev–Trinajstić information content (AvgIpc) is 2.62. The van der Waals surface area contributed by atoms with E-state index in [0.29, 0.717) is 18.0 Å². The maximum atomic E-state index is 10.9. The summed E-state index contributed by atoms with van der Waals surface area (Å²) in [5.41, 5.74) is 0.370. The largest absolute Gasteiger partial charge is 0.465 e. The molecule has 74 valence electrons. The first-order valence-electron chi connectivity index (χ1n) is 4.11. The highest BCUT2D eigenvalue weighted by Crippen LogP contribution is 2.07. The summed E-state index contributed by atoms with van der Waals surface area (Å²) in [6.45, 7) is 2.09. The second-order valence-electron chi connectivity index (χ2n) is 2.43. The van der Waals surface area contributed by atoms with Gasteiger partial charge in [0.05, 0.1) is 12.8 Å². The van der Waals surface area contributed by atoms with E-state index in [2.05, 4.69) is 15.5 Å². The van der Waals surface area contributed by atoms with Crippen molar-refractivity contribution in [2.75, 3.05) is 18.5 Å². The molecule has 0 atom stereocenters. The van der Waals surface area contributed by atoms with E-state index in [4.69, 9.17) is 10.00 Å². The molecular weight excluding hydrogens is 184 g/mol. The Hall–Kier alpha value is -2.03. The summed E-state index contributed by atoms with van der Waals surface area (Å²) in [5.74, 6) is 0.0616. The molecule has 6 nitrogen and oxygen atoms in total. The lowest BCUT2D eigenvalue weighted by Crippen LogP contribution is -2.17. The second-order valence-corrected chi connectivity index (χ2v) is 2.43. The Balaban J connectivity index is 2.46. The molecule has 0 aliphatic heterocycles. The smallest absolute Gasteiger partial charge is 0.325 e. The number of anilines is 1. The summed E-state index contributed by atoms with van der Waals surface area (Å²) in [6.07, 6.45) is 1.38. The van der Waals surface area contributed by atoms with Gasteiger partial charge in [-0.25, -0.2) is 0 Å². The highest BCUT2D eigenvalue weighted by Gasteiger charge is 2.06. The molecular formula is C8H10N4O2. The van der Waals surface area contributed by atoms with Gasteiger partial charge in [-0.3, -0.25) is 9.89 Å². The van der Waals surface area contributed by atoms with Crippen LogP contribution in [-0.4, -0.2) is 29.3 Å². The first-order chi connectivity index (χ1) is 6.77. The Kier molecular flexibility index (Phi) is 3.49. The van der Waals surface area contributed by atoms with Gasteiger partial charge in [0.2, 0.25) is 0 Å². The Morgan fingerprint density at radius 2 is 2.64 bits per heavy atom. The summed E-state index contributed by atoms with van der Waals surface area (Å²) < 4.78 is 4.70. The molecule has 2 N–H and O–H groups in total. The quantitative estimate of drug-likeness (QED) is 0.671. The van der Waals surface area contributed by atoms with E-state index in [0.717, 1.165) is 0 Å². The molecule has 14 heavy (non-hydrogen) atoms. The van der Waals surface area contributed by atoms with Crippen molar-refractivity contribution < 1.29 is 9.53 Å². The number of hydrogen-bond donors (Lipinski definition) is 2. The van der Waals surface area contributed by atoms with E-state index in [-0.39, 0.29) is 12.5 Å². The summed E-state index contributed by atoms with van der Waals surface area (Å²) >= 11 is 0. The molecule has 0 aliphatic carbocycles. The topological polar surface area (TPSA) is 90.8 Å². The number of esters is 1. The predicted octanol–water partition coefficient (Wildman–Crippen LogP) is 0.256. The number of nitrogens with one attached hydrogen (secondary N) is 2. The molecule has 0 fully saturated rings. The highest BCUT2D eigenvalue weighted by molar-refractivity contribution is 5.75. The molecule has 0 aliphatic rings. The number of aromatic amines is 1. The maximum absolute atomic E-state index is 10.9. The van der Waals surface area contributed by atoms with Gasteiger partial charge < -0.3 is 10.1 Å². The molecule has 1 aromatic heterocycles. The zero-order valence-electron chi connectivity index (χ0n) is 7.70. The van der Waals surface area contributed by atoms with Crippen LogP contribution < -0.4 is 5.32 Å². The first kappa shape index (κ1) is 10.1. The molecule has 0 bridgehead atoms. The van der Waals surface area contributed by atoms with Crippen molar-refractivity contribution in [3.8, 4) is 6.07 Å². The van der Waals surface area contributed by atoms with Crippen LogP contribution in [0.15, 0.2) is 6.20 Å². The van der Waals surface area contributed by atoms with Crippen molar-refractivity contribution in [1.82, 2.24) is 10.2 Å². The zero-order valence-corrected chi connectivity index (χ0v) is 7.70. The fraction of sp³-hybridized carbons (Fsp3) is 0.375. The van der Waals surface area contributed by atoms with Crippen LogP contribution in [0, 0.1) is 11.3 Å². The number of hydrogen-bond acceptors (Lipinski definition) is 5. The van der Waals surface area contributed by atoms with Crippen LogP contribution in [0.25, 0.3) is 0 Å². The lowest BCUT2D eigenvalue weighted by molar-refractivity contribution is -0.140. The van der Waals surface area contributed by atoms with Crippen molar-refractivity contribution in [2.45, 2.75) is 6.92 Å². The van der Waals surface area contributed by atoms with Crippen molar-refractivity contribution in [3.63, 3.8) is 0 Å². The van der Waals surface area contributed by atoms with E-state index >= 15 is 0 Å². The van der Waals surface area contributed by atoms with E-state index in [1.807, 2.05) is 6.07 Å². The van der Waals surface area contributed by atoms with Gasteiger partial charge in [-0.2, -0.15) is 10.4 Å². The minimum Gasteiger partial charge on any atom is -0.465 e. The molecule has 0 spiro atoms. The van der Waals surface area contributed by atoms with Crippen LogP contribution >= 0.6 is 0 Å². The van der Waals surface area contributed by atoms with Crippen LogP contribution in [-0.2, 0) is 9.53 Å². The van der Waals surface area contributed by atoms with Crippen LogP contribution in [0.4, 0.5) is 5.82 Å². The second kappa shape index (κ2) is 4.87. The first-order valence-corrected chi connectivity index (χ1v) is 4.11. The number of ether oxygens (including phenoxy) is 1. The number of carbonyl (C=O) groups is 1. The zero-order chi connectivity index (χ0) is 10.4. The fourth-order valence-electron chi connectivity index (χ4n) is 0.878. The number of nitriles is 1. The Morgan fingerprint density at radius 3 is 3.29 bits per heavy atom. The number of nitrogens with zero attached hydrogens (tertiary/aromatic N) is 2. The Bertz CT molecular complexity index is 352. The monoisotopic (exact) mass is 194 g/mol. The van der Waals surface area contributed by atoms with Crippen LogP contribution in [0.1, 0.15) is 12.5 Å². The third kappa shape index (κ3) is 2.48. The van der Waals surface area contributed by atoms with Gasteiger partial charge in [0.25, 0.3) is 0 Å². The SMILES string of the molecule is CCOC(=O)CNc1[nH]ncc1C#N. The van der Waals surface area contributed by atoms with Crippen LogP contribution in [0.3, 0.4) is 0 Å². The van der Waals surface area contributed by atoms with Crippen molar-refractivity contribution >= 4 is 11.8 Å². The standard InChI is InChI=1S/C8H10N4O2/c1-2-14-7(13)5-10-8-6(3-9)4-11-12-8/h4H,2,5H2,1H3,(H2,10,11,12). The van der Waals surface area contributed by atoms with Gasteiger partial charge in [-0.05, 0) is 6.92 Å². The average molecular weight is 194 g/mol. The molecule has 0 saturated carbocycles. The predicted molar refractivity (Wildman–Crippen MR) is 48.4 cm³/mol. The van der Waals surface area contributed by atoms with Crippen LogP contribution in [0.2, 0.25) is 0 Å². The summed E-state index contributed by atoms with van der Waals surface area (Å²) in [7, 11) is 0. The molecule has 1 heterocycles. The molecule has 6 heteroatoms. The number of rotatable bonds is 4. The van der Waals surface area contributed by atoms with E-state index in [1.54, 1.807) is 6.92 Å². The van der Waals surface area contributed by atoms with Gasteiger partial charge in [-0.1, -0.05) is 0 Å². The van der Waals surface area contributed by atoms with Gasteiger partial charge in [0, 0.05) is 0 Å². The van der Waals surface area contributed by atoms with E-state index < -0.39 is 0 Å². The van der Waals surface area contributed by atoms with Gasteiger partial charge in [-0.15, -0.1) is 0 Å². The Labute approximate surface area is 80.9 Å². The van der Waals surface area contributed by atoms with Gasteiger partial charge in [0.15, 0.2) is 0 Å². The normalized spacial score (nSPS) is 9.14. The fourth-order valence-corrected chi connectivity index (χ4v) is 0.878. The summed E-state index contributed by atoms with van der Waals surface area (Å²) in [5, 5.41) is 17.5. The minimum absolute atomic E-state index is 0.0186. The number of H-pyrrole nitrogens is 1. The summed E-state index contributed by atoms with van der Waals surface area (Å²) in [4.78, 5) is 10.9. The van der Waals surface area contributed by atoms with Crippen LogP contribution in [0.5, 0.6) is 0 Å². The maximum Gasteiger partial charge on any atom is 0.325 e. The molecule has 0 saturated heterocycles. The molecule has 0 unspecified atom stereocenters. The molecule has 1 aromatic rings.